The van der Waals surface area contributed by atoms with E-state index in [-0.39, 0.29) is 0 Å². The highest BCUT2D eigenvalue weighted by Crippen LogP contribution is 2.04. The summed E-state index contributed by atoms with van der Waals surface area (Å²) < 4.78 is 0. The third kappa shape index (κ3) is 3.71. The van der Waals surface area contributed by atoms with E-state index in [1.54, 1.807) is 0 Å². The van der Waals surface area contributed by atoms with Gasteiger partial charge in [-0.15, -0.1) is 0 Å². The molecule has 1 aromatic heterocycles. The number of thiophene rings is 1. The molecule has 0 saturated carbocycles. The molecule has 0 radical (unpaired) electrons. The first-order valence-corrected chi connectivity index (χ1v) is 4.62. The van der Waals surface area contributed by atoms with Crippen molar-refractivity contribution >= 4 is 23.2 Å². The minimum Gasteiger partial charge on any atom is -0.481 e. The van der Waals surface area contributed by atoms with Gasteiger partial charge < -0.3 is 10.4 Å². The second kappa shape index (κ2) is 4.61. The second-order valence-corrected chi connectivity index (χ2v) is 3.26. The van der Waals surface area contributed by atoms with Crippen LogP contribution < -0.4 is 5.32 Å². The summed E-state index contributed by atoms with van der Waals surface area (Å²) in [6, 6.07) is 1.88. The van der Waals surface area contributed by atoms with Gasteiger partial charge in [0.2, 0.25) is 5.91 Å². The molecule has 0 fully saturated rings. The summed E-state index contributed by atoms with van der Waals surface area (Å²) in [7, 11) is 0. The molecule has 0 bridgehead atoms. The molecule has 13 heavy (non-hydrogen) atoms. The van der Waals surface area contributed by atoms with Gasteiger partial charge in [-0.05, 0) is 22.4 Å². The van der Waals surface area contributed by atoms with Crippen LogP contribution in [0.5, 0.6) is 0 Å². The highest BCUT2D eigenvalue weighted by atomic mass is 32.1. The van der Waals surface area contributed by atoms with E-state index in [0.717, 1.165) is 5.56 Å². The van der Waals surface area contributed by atoms with E-state index in [1.807, 2.05) is 16.8 Å². The fourth-order valence-electron chi connectivity index (χ4n) is 0.794. The summed E-state index contributed by atoms with van der Waals surface area (Å²) in [6.07, 6.45) is -0.468. The molecule has 1 aromatic rings. The van der Waals surface area contributed by atoms with Gasteiger partial charge in [-0.2, -0.15) is 11.3 Å². The van der Waals surface area contributed by atoms with Crippen molar-refractivity contribution in [2.75, 3.05) is 0 Å². The van der Waals surface area contributed by atoms with Crippen molar-refractivity contribution in [2.24, 2.45) is 0 Å². The van der Waals surface area contributed by atoms with Gasteiger partial charge in [-0.3, -0.25) is 9.59 Å². The third-order valence-electron chi connectivity index (χ3n) is 1.38. The van der Waals surface area contributed by atoms with Crippen molar-refractivity contribution in [3.8, 4) is 0 Å². The van der Waals surface area contributed by atoms with Crippen LogP contribution in [-0.4, -0.2) is 17.0 Å². The number of hydrogen-bond donors (Lipinski definition) is 2. The standard InChI is InChI=1S/C8H9NO3S/c10-7(3-8(11)12)9-4-6-1-2-13-5-6/h1-2,5H,3-4H2,(H,9,10)(H,11,12). The molecular weight excluding hydrogens is 190 g/mol. The first-order chi connectivity index (χ1) is 6.18. The van der Waals surface area contributed by atoms with Gasteiger partial charge >= 0.3 is 5.97 Å². The van der Waals surface area contributed by atoms with Gasteiger partial charge in [-0.25, -0.2) is 0 Å². The predicted octanol–water partition coefficient (Wildman–Crippen LogP) is 0.839. The number of hydrogen-bond acceptors (Lipinski definition) is 3. The predicted molar refractivity (Wildman–Crippen MR) is 48.4 cm³/mol. The lowest BCUT2D eigenvalue weighted by Gasteiger charge is -2.00. The Morgan fingerprint density at radius 3 is 2.85 bits per heavy atom. The van der Waals surface area contributed by atoms with E-state index in [2.05, 4.69) is 5.32 Å². The minimum atomic E-state index is -1.11. The van der Waals surface area contributed by atoms with Crippen LogP contribution in [0.2, 0.25) is 0 Å². The molecule has 70 valence electrons. The Morgan fingerprint density at radius 2 is 2.31 bits per heavy atom. The summed E-state index contributed by atoms with van der Waals surface area (Å²) in [6.45, 7) is 0.398. The van der Waals surface area contributed by atoms with E-state index < -0.39 is 18.3 Å². The van der Waals surface area contributed by atoms with Crippen LogP contribution in [-0.2, 0) is 16.1 Å². The highest BCUT2D eigenvalue weighted by Gasteiger charge is 2.06. The molecule has 0 aliphatic rings. The van der Waals surface area contributed by atoms with E-state index >= 15 is 0 Å². The Bertz CT molecular complexity index is 294. The summed E-state index contributed by atoms with van der Waals surface area (Å²) in [4.78, 5) is 21.0. The van der Waals surface area contributed by atoms with Crippen LogP contribution in [0.4, 0.5) is 0 Å². The number of amides is 1. The Morgan fingerprint density at radius 1 is 1.54 bits per heavy atom. The van der Waals surface area contributed by atoms with Gasteiger partial charge in [0.25, 0.3) is 0 Å². The zero-order valence-corrected chi connectivity index (χ0v) is 7.63. The molecule has 1 rings (SSSR count). The van der Waals surface area contributed by atoms with Gasteiger partial charge in [0.15, 0.2) is 0 Å². The number of carbonyl (C=O) groups is 2. The normalized spacial score (nSPS) is 9.54. The van der Waals surface area contributed by atoms with E-state index in [0.29, 0.717) is 6.54 Å². The average Bonchev–Trinajstić information content (AvgIpc) is 2.51. The molecule has 4 nitrogen and oxygen atoms in total. The number of carbonyl (C=O) groups excluding carboxylic acids is 1. The van der Waals surface area contributed by atoms with E-state index in [4.69, 9.17) is 5.11 Å². The van der Waals surface area contributed by atoms with Crippen molar-refractivity contribution in [1.29, 1.82) is 0 Å². The number of carboxylic acids is 1. The maximum atomic E-state index is 10.9. The maximum Gasteiger partial charge on any atom is 0.312 e. The molecule has 1 amide bonds. The monoisotopic (exact) mass is 199 g/mol. The van der Waals surface area contributed by atoms with Crippen LogP contribution in [0.3, 0.4) is 0 Å². The van der Waals surface area contributed by atoms with E-state index in [1.165, 1.54) is 11.3 Å². The van der Waals surface area contributed by atoms with Gasteiger partial charge in [0.1, 0.15) is 6.42 Å². The van der Waals surface area contributed by atoms with Crippen molar-refractivity contribution in [2.45, 2.75) is 13.0 Å². The van der Waals surface area contributed by atoms with Gasteiger partial charge in [0.05, 0.1) is 0 Å². The lowest BCUT2D eigenvalue weighted by Crippen LogP contribution is -2.24. The number of nitrogens with one attached hydrogen (secondary N) is 1. The summed E-state index contributed by atoms with van der Waals surface area (Å²) in [5.74, 6) is -1.57. The third-order valence-corrected chi connectivity index (χ3v) is 2.11. The molecule has 0 atom stereocenters. The minimum absolute atomic E-state index is 0.398. The molecule has 5 heteroatoms. The zero-order valence-electron chi connectivity index (χ0n) is 6.82. The molecule has 0 unspecified atom stereocenters. The molecule has 0 aliphatic carbocycles. The first-order valence-electron chi connectivity index (χ1n) is 3.68. The lowest BCUT2D eigenvalue weighted by molar-refractivity contribution is -0.140. The molecule has 0 saturated heterocycles. The Hall–Kier alpha value is -1.36. The Labute approximate surface area is 79.2 Å². The van der Waals surface area contributed by atoms with Crippen LogP contribution in [0.25, 0.3) is 0 Å². The molecule has 0 aliphatic heterocycles. The summed E-state index contributed by atoms with van der Waals surface area (Å²) >= 11 is 1.54. The summed E-state index contributed by atoms with van der Waals surface area (Å²) in [5.41, 5.74) is 0.990. The molecule has 1 heterocycles. The molecule has 0 spiro atoms. The topological polar surface area (TPSA) is 66.4 Å². The lowest BCUT2D eigenvalue weighted by atomic mass is 10.3. The molecule has 0 aromatic carbocycles. The Balaban J connectivity index is 2.27. The maximum absolute atomic E-state index is 10.9. The van der Waals surface area contributed by atoms with Crippen LogP contribution in [0.15, 0.2) is 16.8 Å². The SMILES string of the molecule is O=C(O)CC(=O)NCc1ccsc1. The number of carboxylic acid groups (broad SMARTS) is 1. The van der Waals surface area contributed by atoms with Gasteiger partial charge in [-0.1, -0.05) is 0 Å². The van der Waals surface area contributed by atoms with Crippen molar-refractivity contribution in [1.82, 2.24) is 5.32 Å². The second-order valence-electron chi connectivity index (χ2n) is 2.48. The fraction of sp³-hybridized carbons (Fsp3) is 0.250. The van der Waals surface area contributed by atoms with Crippen LogP contribution >= 0.6 is 11.3 Å². The van der Waals surface area contributed by atoms with E-state index in [9.17, 15) is 9.59 Å². The number of rotatable bonds is 4. The van der Waals surface area contributed by atoms with Crippen molar-refractivity contribution < 1.29 is 14.7 Å². The smallest absolute Gasteiger partial charge is 0.312 e. The fourth-order valence-corrected chi connectivity index (χ4v) is 1.46. The zero-order chi connectivity index (χ0) is 9.68. The molecule has 2 N–H and O–H groups in total. The number of aliphatic carboxylic acids is 1. The van der Waals surface area contributed by atoms with Crippen LogP contribution in [0.1, 0.15) is 12.0 Å². The Kier molecular flexibility index (Phi) is 3.45. The van der Waals surface area contributed by atoms with Crippen molar-refractivity contribution in [3.63, 3.8) is 0 Å². The van der Waals surface area contributed by atoms with Crippen LogP contribution in [0, 0.1) is 0 Å². The highest BCUT2D eigenvalue weighted by molar-refractivity contribution is 7.07. The molecular formula is C8H9NO3S. The quantitative estimate of drug-likeness (QED) is 0.706. The first kappa shape index (κ1) is 9.73. The largest absolute Gasteiger partial charge is 0.481 e. The average molecular weight is 199 g/mol. The summed E-state index contributed by atoms with van der Waals surface area (Å²) in [5, 5.41) is 14.6. The van der Waals surface area contributed by atoms with Crippen molar-refractivity contribution in [3.05, 3.63) is 22.4 Å². The van der Waals surface area contributed by atoms with Gasteiger partial charge in [0, 0.05) is 6.54 Å².